The minimum absolute atomic E-state index is 0. The monoisotopic (exact) mass is 344 g/mol. The molecule has 1 aliphatic heterocycles. The second-order valence-electron chi connectivity index (χ2n) is 6.80. The Morgan fingerprint density at radius 3 is 2.39 bits per heavy atom. The molecule has 0 radical (unpaired) electrons. The molecular formula is C18H27ClF2N2. The van der Waals surface area contributed by atoms with E-state index in [4.69, 9.17) is 0 Å². The van der Waals surface area contributed by atoms with Crippen LogP contribution in [0.1, 0.15) is 44.1 Å². The van der Waals surface area contributed by atoms with Crippen molar-refractivity contribution in [2.24, 2.45) is 5.92 Å². The van der Waals surface area contributed by atoms with Crippen LogP contribution in [0.5, 0.6) is 0 Å². The van der Waals surface area contributed by atoms with Gasteiger partial charge in [0.25, 0.3) is 0 Å². The van der Waals surface area contributed by atoms with Gasteiger partial charge in [0.1, 0.15) is 11.6 Å². The lowest BCUT2D eigenvalue weighted by Gasteiger charge is -2.34. The lowest BCUT2D eigenvalue weighted by Crippen LogP contribution is -2.40. The minimum atomic E-state index is -0.493. The molecule has 1 aromatic carbocycles. The number of hydrogen-bond acceptors (Lipinski definition) is 2. The summed E-state index contributed by atoms with van der Waals surface area (Å²) in [4.78, 5) is 2.46. The maximum absolute atomic E-state index is 14.0. The van der Waals surface area contributed by atoms with Crippen LogP contribution in [0.15, 0.2) is 18.2 Å². The molecule has 1 N–H and O–H groups in total. The normalized spacial score (nSPS) is 20.0. The summed E-state index contributed by atoms with van der Waals surface area (Å²) < 4.78 is 27.1. The number of benzene rings is 1. The first kappa shape index (κ1) is 18.6. The first-order valence-corrected chi connectivity index (χ1v) is 8.61. The van der Waals surface area contributed by atoms with E-state index in [1.54, 1.807) is 6.07 Å². The zero-order valence-corrected chi connectivity index (χ0v) is 14.4. The summed E-state index contributed by atoms with van der Waals surface area (Å²) >= 11 is 0. The Hall–Kier alpha value is -0.710. The van der Waals surface area contributed by atoms with E-state index in [9.17, 15) is 8.78 Å². The number of halogens is 3. The van der Waals surface area contributed by atoms with Crippen molar-refractivity contribution in [2.45, 2.75) is 51.1 Å². The fourth-order valence-corrected chi connectivity index (χ4v) is 3.88. The predicted molar refractivity (Wildman–Crippen MR) is 91.9 cm³/mol. The van der Waals surface area contributed by atoms with E-state index >= 15 is 0 Å². The van der Waals surface area contributed by atoms with E-state index in [0.717, 1.165) is 25.7 Å². The average molecular weight is 345 g/mol. The van der Waals surface area contributed by atoms with Crippen molar-refractivity contribution in [3.8, 4) is 0 Å². The lowest BCUT2D eigenvalue weighted by molar-refractivity contribution is 0.143. The molecule has 0 unspecified atom stereocenters. The van der Waals surface area contributed by atoms with Gasteiger partial charge in [-0.25, -0.2) is 8.78 Å². The third-order valence-electron chi connectivity index (χ3n) is 5.18. The van der Waals surface area contributed by atoms with Crippen molar-refractivity contribution >= 4 is 12.4 Å². The van der Waals surface area contributed by atoms with E-state index in [1.165, 1.54) is 44.6 Å². The fraction of sp³-hybridized carbons (Fsp3) is 0.667. The molecule has 0 atom stereocenters. The highest BCUT2D eigenvalue weighted by Gasteiger charge is 2.26. The van der Waals surface area contributed by atoms with Crippen molar-refractivity contribution in [1.29, 1.82) is 0 Å². The summed E-state index contributed by atoms with van der Waals surface area (Å²) in [6.45, 7) is 3.84. The Kier molecular flexibility index (Phi) is 7.25. The summed E-state index contributed by atoms with van der Waals surface area (Å²) in [5, 5.41) is 3.40. The molecule has 2 nitrogen and oxygen atoms in total. The molecule has 1 aromatic rings. The van der Waals surface area contributed by atoms with Gasteiger partial charge in [-0.05, 0) is 50.8 Å². The second-order valence-corrected chi connectivity index (χ2v) is 6.80. The molecule has 1 saturated carbocycles. The zero-order valence-electron chi connectivity index (χ0n) is 13.6. The highest BCUT2D eigenvalue weighted by molar-refractivity contribution is 5.85. The Bertz CT molecular complexity index is 486. The number of nitrogens with one attached hydrogen (secondary N) is 1. The van der Waals surface area contributed by atoms with Gasteiger partial charge in [0, 0.05) is 30.8 Å². The summed E-state index contributed by atoms with van der Waals surface area (Å²) in [6, 6.07) is 4.55. The summed E-state index contributed by atoms with van der Waals surface area (Å²) in [5.74, 6) is -0.203. The highest BCUT2D eigenvalue weighted by Crippen LogP contribution is 2.28. The minimum Gasteiger partial charge on any atom is -0.317 e. The van der Waals surface area contributed by atoms with Crippen LogP contribution >= 0.6 is 12.4 Å². The van der Waals surface area contributed by atoms with Crippen molar-refractivity contribution in [1.82, 2.24) is 10.2 Å². The number of piperidine rings is 1. The standard InChI is InChI=1S/C18H26F2N2.ClH/c19-16-6-5-15(18(20)11-16)13-22(17-3-1-2-4-17)12-14-7-9-21-10-8-14;/h5-6,11,14,17,21H,1-4,7-10,12-13H2;1H. The maximum atomic E-state index is 14.0. The van der Waals surface area contributed by atoms with Gasteiger partial charge in [-0.3, -0.25) is 4.90 Å². The van der Waals surface area contributed by atoms with E-state index in [0.29, 0.717) is 24.1 Å². The Labute approximate surface area is 144 Å². The molecule has 0 amide bonds. The van der Waals surface area contributed by atoms with Gasteiger partial charge >= 0.3 is 0 Å². The zero-order chi connectivity index (χ0) is 15.4. The van der Waals surface area contributed by atoms with Crippen LogP contribution in [0.25, 0.3) is 0 Å². The first-order valence-electron chi connectivity index (χ1n) is 8.61. The van der Waals surface area contributed by atoms with E-state index in [1.807, 2.05) is 0 Å². The molecule has 2 aliphatic rings. The van der Waals surface area contributed by atoms with Gasteiger partial charge in [0.15, 0.2) is 0 Å². The Balaban J connectivity index is 0.00000192. The Morgan fingerprint density at radius 1 is 1.04 bits per heavy atom. The summed E-state index contributed by atoms with van der Waals surface area (Å²) in [7, 11) is 0. The molecule has 0 bridgehead atoms. The molecule has 0 spiro atoms. The fourth-order valence-electron chi connectivity index (χ4n) is 3.88. The van der Waals surface area contributed by atoms with Crippen molar-refractivity contribution < 1.29 is 8.78 Å². The van der Waals surface area contributed by atoms with Crippen molar-refractivity contribution in [3.05, 3.63) is 35.4 Å². The summed E-state index contributed by atoms with van der Waals surface area (Å²) in [5.41, 5.74) is 0.627. The molecule has 130 valence electrons. The van der Waals surface area contributed by atoms with Crippen LogP contribution in [-0.4, -0.2) is 30.6 Å². The molecule has 0 aromatic heterocycles. The third-order valence-corrected chi connectivity index (χ3v) is 5.18. The van der Waals surface area contributed by atoms with Crippen LogP contribution in [0.2, 0.25) is 0 Å². The van der Waals surface area contributed by atoms with Crippen LogP contribution in [0, 0.1) is 17.6 Å². The number of hydrogen-bond donors (Lipinski definition) is 1. The van der Waals surface area contributed by atoms with E-state index < -0.39 is 11.6 Å². The molecule has 1 saturated heterocycles. The molecular weight excluding hydrogens is 318 g/mol. The Morgan fingerprint density at radius 2 is 1.74 bits per heavy atom. The van der Waals surface area contributed by atoms with Gasteiger partial charge in [-0.15, -0.1) is 12.4 Å². The van der Waals surface area contributed by atoms with Gasteiger partial charge in [0.05, 0.1) is 0 Å². The number of rotatable bonds is 5. The highest BCUT2D eigenvalue weighted by atomic mass is 35.5. The SMILES string of the molecule is Cl.Fc1ccc(CN(CC2CCNCC2)C2CCCC2)c(F)c1. The smallest absolute Gasteiger partial charge is 0.130 e. The molecule has 2 fully saturated rings. The van der Waals surface area contributed by atoms with Crippen LogP contribution < -0.4 is 5.32 Å². The largest absolute Gasteiger partial charge is 0.317 e. The van der Waals surface area contributed by atoms with Crippen LogP contribution in [-0.2, 0) is 6.54 Å². The molecule has 5 heteroatoms. The second kappa shape index (κ2) is 8.95. The molecule has 1 aliphatic carbocycles. The van der Waals surface area contributed by atoms with E-state index in [-0.39, 0.29) is 12.4 Å². The topological polar surface area (TPSA) is 15.3 Å². The van der Waals surface area contributed by atoms with Gasteiger partial charge in [0.2, 0.25) is 0 Å². The van der Waals surface area contributed by atoms with Crippen molar-refractivity contribution in [2.75, 3.05) is 19.6 Å². The lowest BCUT2D eigenvalue weighted by atomic mass is 9.96. The van der Waals surface area contributed by atoms with Gasteiger partial charge in [-0.1, -0.05) is 18.9 Å². The summed E-state index contributed by atoms with van der Waals surface area (Å²) in [6.07, 6.45) is 7.39. The number of nitrogens with zero attached hydrogens (tertiary/aromatic N) is 1. The van der Waals surface area contributed by atoms with Gasteiger partial charge < -0.3 is 5.32 Å². The van der Waals surface area contributed by atoms with Crippen LogP contribution in [0.4, 0.5) is 8.78 Å². The van der Waals surface area contributed by atoms with Crippen molar-refractivity contribution in [3.63, 3.8) is 0 Å². The molecule has 1 heterocycles. The molecule has 23 heavy (non-hydrogen) atoms. The van der Waals surface area contributed by atoms with E-state index in [2.05, 4.69) is 10.2 Å². The predicted octanol–water partition coefficient (Wildman–Crippen LogP) is 4.13. The average Bonchev–Trinajstić information content (AvgIpc) is 3.04. The van der Waals surface area contributed by atoms with Gasteiger partial charge in [-0.2, -0.15) is 0 Å². The first-order chi connectivity index (χ1) is 10.7. The third kappa shape index (κ3) is 5.13. The quantitative estimate of drug-likeness (QED) is 0.864. The maximum Gasteiger partial charge on any atom is 0.130 e. The molecule has 3 rings (SSSR count). The van der Waals surface area contributed by atoms with Crippen LogP contribution in [0.3, 0.4) is 0 Å².